The first-order chi connectivity index (χ1) is 6.63. The monoisotopic (exact) mass is 198 g/mol. The average Bonchev–Trinajstić information content (AvgIpc) is 2.16. The van der Waals surface area contributed by atoms with Crippen LogP contribution in [0.2, 0.25) is 0 Å². The number of nitrogens with one attached hydrogen (secondary N) is 1. The minimum atomic E-state index is -0.988. The Morgan fingerprint density at radius 2 is 2.36 bits per heavy atom. The van der Waals surface area contributed by atoms with Gasteiger partial charge in [-0.25, -0.2) is 4.39 Å². The number of aliphatic hydroxyl groups excluding tert-OH is 1. The molecule has 0 heterocycles. The van der Waals surface area contributed by atoms with Crippen LogP contribution < -0.4 is 11.1 Å². The fraction of sp³-hybridized carbons (Fsp3) is 0.222. The van der Waals surface area contributed by atoms with Gasteiger partial charge in [-0.05, 0) is 18.2 Å². The number of halogens is 1. The van der Waals surface area contributed by atoms with Crippen LogP contribution >= 0.6 is 0 Å². The van der Waals surface area contributed by atoms with E-state index in [9.17, 15) is 9.18 Å². The first-order valence-electron chi connectivity index (χ1n) is 4.06. The summed E-state index contributed by atoms with van der Waals surface area (Å²) in [5.41, 5.74) is 5.57. The average molecular weight is 198 g/mol. The number of hydrogen-bond donors (Lipinski definition) is 3. The fourth-order valence-electron chi connectivity index (χ4n) is 0.884. The van der Waals surface area contributed by atoms with Crippen LogP contribution in [0.25, 0.3) is 0 Å². The minimum absolute atomic E-state index is 0.318. The van der Waals surface area contributed by atoms with Gasteiger partial charge in [0.1, 0.15) is 11.9 Å². The molecule has 0 spiro atoms. The van der Waals surface area contributed by atoms with Gasteiger partial charge < -0.3 is 16.2 Å². The Bertz CT molecular complexity index is 330. The van der Waals surface area contributed by atoms with Crippen molar-refractivity contribution in [3.63, 3.8) is 0 Å². The summed E-state index contributed by atoms with van der Waals surface area (Å²) >= 11 is 0. The third-order valence-electron chi connectivity index (χ3n) is 1.63. The van der Waals surface area contributed by atoms with Crippen LogP contribution in [0.3, 0.4) is 0 Å². The smallest absolute Gasteiger partial charge is 0.243 e. The van der Waals surface area contributed by atoms with Gasteiger partial charge in [0.2, 0.25) is 5.91 Å². The molecule has 1 amide bonds. The van der Waals surface area contributed by atoms with Crippen molar-refractivity contribution in [2.75, 3.05) is 11.9 Å². The molecule has 1 unspecified atom stereocenters. The maximum absolute atomic E-state index is 12.7. The molecule has 1 rings (SSSR count). The quantitative estimate of drug-likeness (QED) is 0.644. The lowest BCUT2D eigenvalue weighted by molar-refractivity contribution is -0.118. The second-order valence-corrected chi connectivity index (χ2v) is 2.79. The van der Waals surface area contributed by atoms with Crippen molar-refractivity contribution in [1.82, 2.24) is 0 Å². The van der Waals surface area contributed by atoms with Crippen molar-refractivity contribution in [3.8, 4) is 0 Å². The molecule has 0 aromatic heterocycles. The number of anilines is 1. The SMILES string of the molecule is NC(CO)C(=O)Nc1cccc(F)c1. The highest BCUT2D eigenvalue weighted by atomic mass is 19.1. The lowest BCUT2D eigenvalue weighted by Gasteiger charge is -2.09. The van der Waals surface area contributed by atoms with Crippen molar-refractivity contribution < 1.29 is 14.3 Å². The van der Waals surface area contributed by atoms with Crippen LogP contribution in [0, 0.1) is 5.82 Å². The van der Waals surface area contributed by atoms with E-state index < -0.39 is 24.4 Å². The number of aliphatic hydroxyl groups is 1. The minimum Gasteiger partial charge on any atom is -0.394 e. The zero-order chi connectivity index (χ0) is 10.6. The van der Waals surface area contributed by atoms with Crippen LogP contribution in [0.15, 0.2) is 24.3 Å². The van der Waals surface area contributed by atoms with Crippen LogP contribution in [-0.2, 0) is 4.79 Å². The molecule has 76 valence electrons. The van der Waals surface area contributed by atoms with Crippen molar-refractivity contribution in [2.45, 2.75) is 6.04 Å². The van der Waals surface area contributed by atoms with E-state index in [0.717, 1.165) is 0 Å². The van der Waals surface area contributed by atoms with Gasteiger partial charge in [-0.3, -0.25) is 4.79 Å². The van der Waals surface area contributed by atoms with Crippen LogP contribution in [0.1, 0.15) is 0 Å². The Morgan fingerprint density at radius 1 is 1.64 bits per heavy atom. The van der Waals surface area contributed by atoms with E-state index in [4.69, 9.17) is 10.8 Å². The summed E-state index contributed by atoms with van der Waals surface area (Å²) in [7, 11) is 0. The maximum Gasteiger partial charge on any atom is 0.243 e. The molecule has 1 aromatic rings. The molecule has 5 heteroatoms. The largest absolute Gasteiger partial charge is 0.394 e. The molecule has 0 aliphatic rings. The van der Waals surface area contributed by atoms with E-state index in [0.29, 0.717) is 5.69 Å². The molecule has 0 saturated heterocycles. The first kappa shape index (κ1) is 10.6. The summed E-state index contributed by atoms with van der Waals surface area (Å²) in [6.07, 6.45) is 0. The van der Waals surface area contributed by atoms with Gasteiger partial charge in [0.15, 0.2) is 0 Å². The highest BCUT2D eigenvalue weighted by Crippen LogP contribution is 2.08. The summed E-state index contributed by atoms with van der Waals surface area (Å²) in [4.78, 5) is 11.1. The molecule has 0 fully saturated rings. The predicted octanol–water partition coefficient (Wildman–Crippen LogP) is 0.0838. The van der Waals surface area contributed by atoms with E-state index >= 15 is 0 Å². The number of hydrogen-bond acceptors (Lipinski definition) is 3. The lowest BCUT2D eigenvalue weighted by atomic mass is 10.2. The molecule has 0 aliphatic carbocycles. The van der Waals surface area contributed by atoms with Crippen molar-refractivity contribution in [3.05, 3.63) is 30.1 Å². The number of nitrogens with two attached hydrogens (primary N) is 1. The molecular weight excluding hydrogens is 187 g/mol. The predicted molar refractivity (Wildman–Crippen MR) is 50.1 cm³/mol. The van der Waals surface area contributed by atoms with Crippen LogP contribution in [0.4, 0.5) is 10.1 Å². The Hall–Kier alpha value is -1.46. The summed E-state index contributed by atoms with van der Waals surface area (Å²) in [6.45, 7) is -0.443. The van der Waals surface area contributed by atoms with E-state index in [1.807, 2.05) is 0 Å². The van der Waals surface area contributed by atoms with Gasteiger partial charge in [-0.2, -0.15) is 0 Å². The van der Waals surface area contributed by atoms with E-state index in [1.165, 1.54) is 24.3 Å². The number of carbonyl (C=O) groups excluding carboxylic acids is 1. The molecule has 0 radical (unpaired) electrons. The molecule has 0 bridgehead atoms. The summed E-state index contributed by atoms with van der Waals surface area (Å²) in [5, 5.41) is 10.9. The van der Waals surface area contributed by atoms with Crippen molar-refractivity contribution in [2.24, 2.45) is 5.73 Å². The Morgan fingerprint density at radius 3 is 2.93 bits per heavy atom. The third kappa shape index (κ3) is 2.79. The molecule has 0 aliphatic heterocycles. The third-order valence-corrected chi connectivity index (χ3v) is 1.63. The van der Waals surface area contributed by atoms with E-state index in [1.54, 1.807) is 0 Å². The zero-order valence-electron chi connectivity index (χ0n) is 7.40. The molecule has 0 saturated carbocycles. The Labute approximate surface area is 80.5 Å². The van der Waals surface area contributed by atoms with Gasteiger partial charge in [-0.15, -0.1) is 0 Å². The Kier molecular flexibility index (Phi) is 3.55. The Balaban J connectivity index is 2.65. The zero-order valence-corrected chi connectivity index (χ0v) is 7.40. The molecule has 1 atom stereocenters. The molecule has 14 heavy (non-hydrogen) atoms. The second kappa shape index (κ2) is 4.69. The van der Waals surface area contributed by atoms with E-state index in [-0.39, 0.29) is 0 Å². The normalized spacial score (nSPS) is 12.2. The van der Waals surface area contributed by atoms with Gasteiger partial charge in [0.25, 0.3) is 0 Å². The fourth-order valence-corrected chi connectivity index (χ4v) is 0.884. The maximum atomic E-state index is 12.7. The number of carbonyl (C=O) groups is 1. The second-order valence-electron chi connectivity index (χ2n) is 2.79. The summed E-state index contributed by atoms with van der Waals surface area (Å²) in [5.74, 6) is -0.988. The number of amides is 1. The standard InChI is InChI=1S/C9H11FN2O2/c10-6-2-1-3-7(4-6)12-9(14)8(11)5-13/h1-4,8,13H,5,11H2,(H,12,14). The molecule has 4 nitrogen and oxygen atoms in total. The summed E-state index contributed by atoms with van der Waals surface area (Å²) < 4.78 is 12.7. The molecule has 1 aromatic carbocycles. The lowest BCUT2D eigenvalue weighted by Crippen LogP contribution is -2.38. The summed E-state index contributed by atoms with van der Waals surface area (Å²) in [6, 6.07) is 4.45. The van der Waals surface area contributed by atoms with Gasteiger partial charge in [0, 0.05) is 5.69 Å². The first-order valence-corrected chi connectivity index (χ1v) is 4.06. The van der Waals surface area contributed by atoms with Gasteiger partial charge in [-0.1, -0.05) is 6.07 Å². The highest BCUT2D eigenvalue weighted by molar-refractivity contribution is 5.94. The van der Waals surface area contributed by atoms with Crippen LogP contribution in [0.5, 0.6) is 0 Å². The van der Waals surface area contributed by atoms with Crippen molar-refractivity contribution >= 4 is 11.6 Å². The van der Waals surface area contributed by atoms with Gasteiger partial charge >= 0.3 is 0 Å². The topological polar surface area (TPSA) is 75.3 Å². The molecular formula is C9H11FN2O2. The van der Waals surface area contributed by atoms with Gasteiger partial charge in [0.05, 0.1) is 6.61 Å². The van der Waals surface area contributed by atoms with Crippen molar-refractivity contribution in [1.29, 1.82) is 0 Å². The molecule has 4 N–H and O–H groups in total. The van der Waals surface area contributed by atoms with E-state index in [2.05, 4.69) is 5.32 Å². The number of rotatable bonds is 3. The highest BCUT2D eigenvalue weighted by Gasteiger charge is 2.11. The number of benzene rings is 1. The van der Waals surface area contributed by atoms with Crippen LogP contribution in [-0.4, -0.2) is 23.7 Å².